The normalized spacial score (nSPS) is 11.8. The van der Waals surface area contributed by atoms with Gasteiger partial charge in [-0.15, -0.1) is 0 Å². The molecule has 0 saturated carbocycles. The molecule has 2 aromatic carbocycles. The van der Waals surface area contributed by atoms with Gasteiger partial charge in [-0.1, -0.05) is 24.3 Å². The summed E-state index contributed by atoms with van der Waals surface area (Å²) in [5.41, 5.74) is 6.13. The van der Waals surface area contributed by atoms with Crippen LogP contribution in [0.2, 0.25) is 0 Å². The highest BCUT2D eigenvalue weighted by Gasteiger charge is 2.29. The number of amides is 1. The Bertz CT molecular complexity index is 819. The minimum atomic E-state index is -4.34. The second-order valence-electron chi connectivity index (χ2n) is 6.20. The second-order valence-corrected chi connectivity index (χ2v) is 6.20. The minimum absolute atomic E-state index is 0.165. The Morgan fingerprint density at radius 3 is 2.21 bits per heavy atom. The number of halogens is 3. The van der Waals surface area contributed by atoms with Gasteiger partial charge in [-0.25, -0.2) is 0 Å². The molecule has 0 fully saturated rings. The molecule has 29 heavy (non-hydrogen) atoms. The lowest BCUT2D eigenvalue weighted by atomic mass is 10.1. The molecule has 0 aliphatic carbocycles. The molecule has 4 N–H and O–H groups in total. The molecular weight excluding hydrogens is 385 g/mol. The SMILES string of the molecule is CN=C(NCCc1ccc(OCC(N)=O)cc1)NCc1ccc(C(F)(F)F)cc1. The van der Waals surface area contributed by atoms with Gasteiger partial charge in [0.2, 0.25) is 0 Å². The van der Waals surface area contributed by atoms with Gasteiger partial charge in [0.15, 0.2) is 12.6 Å². The van der Waals surface area contributed by atoms with Crippen molar-refractivity contribution in [1.29, 1.82) is 0 Å². The molecule has 9 heteroatoms. The van der Waals surface area contributed by atoms with Gasteiger partial charge in [-0.2, -0.15) is 13.2 Å². The number of ether oxygens (including phenoxy) is 1. The molecule has 0 spiro atoms. The Balaban J connectivity index is 1.75. The first kappa shape index (κ1) is 22.1. The van der Waals surface area contributed by atoms with Crippen LogP contribution in [0.3, 0.4) is 0 Å². The minimum Gasteiger partial charge on any atom is -0.484 e. The fourth-order valence-electron chi connectivity index (χ4n) is 2.45. The van der Waals surface area contributed by atoms with Crippen LogP contribution in [0.4, 0.5) is 13.2 Å². The summed E-state index contributed by atoms with van der Waals surface area (Å²) in [6.45, 7) is 0.791. The van der Waals surface area contributed by atoms with Crippen molar-refractivity contribution in [3.05, 3.63) is 65.2 Å². The zero-order chi connectivity index (χ0) is 21.3. The summed E-state index contributed by atoms with van der Waals surface area (Å²) in [5.74, 6) is 0.578. The molecule has 0 bridgehead atoms. The number of benzene rings is 2. The van der Waals surface area contributed by atoms with Crippen molar-refractivity contribution >= 4 is 11.9 Å². The van der Waals surface area contributed by atoms with E-state index in [2.05, 4.69) is 15.6 Å². The first-order chi connectivity index (χ1) is 13.8. The predicted octanol–water partition coefficient (Wildman–Crippen LogP) is 2.48. The summed E-state index contributed by atoms with van der Waals surface area (Å²) in [6.07, 6.45) is -3.62. The molecule has 0 aliphatic heterocycles. The van der Waals surface area contributed by atoms with E-state index >= 15 is 0 Å². The van der Waals surface area contributed by atoms with E-state index in [1.54, 1.807) is 19.2 Å². The molecule has 2 rings (SSSR count). The van der Waals surface area contributed by atoms with Crippen LogP contribution in [0.1, 0.15) is 16.7 Å². The van der Waals surface area contributed by atoms with Gasteiger partial charge in [0.1, 0.15) is 5.75 Å². The monoisotopic (exact) mass is 408 g/mol. The molecule has 0 atom stereocenters. The number of primary amides is 1. The van der Waals surface area contributed by atoms with Crippen LogP contribution in [0.25, 0.3) is 0 Å². The number of nitrogens with zero attached hydrogens (tertiary/aromatic N) is 1. The fraction of sp³-hybridized carbons (Fsp3) is 0.300. The second kappa shape index (κ2) is 10.4. The lowest BCUT2D eigenvalue weighted by molar-refractivity contribution is -0.137. The van der Waals surface area contributed by atoms with Crippen LogP contribution < -0.4 is 21.1 Å². The highest BCUT2D eigenvalue weighted by Crippen LogP contribution is 2.29. The standard InChI is InChI=1S/C20H23F3N4O2/c1-25-19(27-12-15-2-6-16(7-3-15)20(21,22)23)26-11-10-14-4-8-17(9-5-14)29-13-18(24)28/h2-9H,10-13H2,1H3,(H2,24,28)(H2,25,26,27). The molecule has 0 unspecified atom stereocenters. The lowest BCUT2D eigenvalue weighted by Gasteiger charge is -2.13. The number of alkyl halides is 3. The van der Waals surface area contributed by atoms with E-state index in [9.17, 15) is 18.0 Å². The van der Waals surface area contributed by atoms with Crippen molar-refractivity contribution in [3.63, 3.8) is 0 Å². The largest absolute Gasteiger partial charge is 0.484 e. The Morgan fingerprint density at radius 1 is 1.03 bits per heavy atom. The fourth-order valence-corrected chi connectivity index (χ4v) is 2.45. The van der Waals surface area contributed by atoms with E-state index in [1.165, 1.54) is 12.1 Å². The number of guanidine groups is 1. The highest BCUT2D eigenvalue weighted by atomic mass is 19.4. The zero-order valence-electron chi connectivity index (χ0n) is 15.9. The van der Waals surface area contributed by atoms with E-state index in [0.29, 0.717) is 30.4 Å². The van der Waals surface area contributed by atoms with Gasteiger partial charge in [-0.3, -0.25) is 9.79 Å². The summed E-state index contributed by atoms with van der Waals surface area (Å²) in [5, 5.41) is 6.21. The summed E-state index contributed by atoms with van der Waals surface area (Å²) in [7, 11) is 1.62. The first-order valence-electron chi connectivity index (χ1n) is 8.88. The van der Waals surface area contributed by atoms with E-state index in [-0.39, 0.29) is 6.61 Å². The number of carbonyl (C=O) groups is 1. The maximum absolute atomic E-state index is 12.6. The molecular formula is C20H23F3N4O2. The van der Waals surface area contributed by atoms with Crippen LogP contribution in [-0.4, -0.2) is 32.1 Å². The Hall–Kier alpha value is -3.23. The van der Waals surface area contributed by atoms with Crippen molar-refractivity contribution in [2.45, 2.75) is 19.1 Å². The van der Waals surface area contributed by atoms with Crippen molar-refractivity contribution in [2.24, 2.45) is 10.7 Å². The van der Waals surface area contributed by atoms with Gasteiger partial charge in [0, 0.05) is 20.1 Å². The zero-order valence-corrected chi connectivity index (χ0v) is 15.9. The maximum Gasteiger partial charge on any atom is 0.416 e. The third-order valence-corrected chi connectivity index (χ3v) is 3.98. The molecule has 0 aromatic heterocycles. The van der Waals surface area contributed by atoms with Crippen LogP contribution in [-0.2, 0) is 23.9 Å². The lowest BCUT2D eigenvalue weighted by Crippen LogP contribution is -2.37. The van der Waals surface area contributed by atoms with Crippen molar-refractivity contribution < 1.29 is 22.7 Å². The van der Waals surface area contributed by atoms with Gasteiger partial charge in [-0.05, 0) is 41.8 Å². The number of aliphatic imine (C=N–C) groups is 1. The molecule has 0 radical (unpaired) electrons. The number of carbonyl (C=O) groups excluding carboxylic acids is 1. The Morgan fingerprint density at radius 2 is 1.66 bits per heavy atom. The van der Waals surface area contributed by atoms with Crippen LogP contribution in [0, 0.1) is 0 Å². The summed E-state index contributed by atoms with van der Waals surface area (Å²) in [6, 6.07) is 12.3. The molecule has 0 aliphatic rings. The number of nitrogens with one attached hydrogen (secondary N) is 2. The molecule has 0 saturated heterocycles. The number of nitrogens with two attached hydrogens (primary N) is 1. The number of hydrogen-bond acceptors (Lipinski definition) is 3. The van der Waals surface area contributed by atoms with E-state index in [1.807, 2.05) is 12.1 Å². The van der Waals surface area contributed by atoms with Crippen LogP contribution in [0.15, 0.2) is 53.5 Å². The average molecular weight is 408 g/mol. The third-order valence-electron chi connectivity index (χ3n) is 3.98. The smallest absolute Gasteiger partial charge is 0.416 e. The predicted molar refractivity (Wildman–Crippen MR) is 104 cm³/mol. The van der Waals surface area contributed by atoms with Crippen LogP contribution >= 0.6 is 0 Å². The van der Waals surface area contributed by atoms with Gasteiger partial charge < -0.3 is 21.1 Å². The maximum atomic E-state index is 12.6. The number of hydrogen-bond donors (Lipinski definition) is 3. The Labute approximate surface area is 167 Å². The van der Waals surface area contributed by atoms with Crippen molar-refractivity contribution in [1.82, 2.24) is 10.6 Å². The van der Waals surface area contributed by atoms with E-state index in [4.69, 9.17) is 10.5 Å². The van der Waals surface area contributed by atoms with Gasteiger partial charge in [0.05, 0.1) is 5.56 Å². The first-order valence-corrected chi connectivity index (χ1v) is 8.88. The molecule has 2 aromatic rings. The number of rotatable bonds is 8. The van der Waals surface area contributed by atoms with E-state index < -0.39 is 17.6 Å². The quantitative estimate of drug-likeness (QED) is 0.463. The molecule has 156 valence electrons. The average Bonchev–Trinajstić information content (AvgIpc) is 2.69. The molecule has 1 amide bonds. The van der Waals surface area contributed by atoms with Crippen molar-refractivity contribution in [2.75, 3.05) is 20.2 Å². The Kier molecular flexibility index (Phi) is 7.88. The summed E-state index contributed by atoms with van der Waals surface area (Å²) in [4.78, 5) is 14.8. The summed E-state index contributed by atoms with van der Waals surface area (Å²) >= 11 is 0. The summed E-state index contributed by atoms with van der Waals surface area (Å²) < 4.78 is 43.0. The third kappa shape index (κ3) is 7.73. The highest BCUT2D eigenvalue weighted by molar-refractivity contribution is 5.79. The van der Waals surface area contributed by atoms with Gasteiger partial charge in [0.25, 0.3) is 5.91 Å². The molecule has 6 nitrogen and oxygen atoms in total. The van der Waals surface area contributed by atoms with E-state index in [0.717, 1.165) is 24.1 Å². The molecule has 0 heterocycles. The van der Waals surface area contributed by atoms with Crippen LogP contribution in [0.5, 0.6) is 5.75 Å². The topological polar surface area (TPSA) is 88.7 Å². The van der Waals surface area contributed by atoms with Crippen molar-refractivity contribution in [3.8, 4) is 5.75 Å². The van der Waals surface area contributed by atoms with Gasteiger partial charge >= 0.3 is 6.18 Å².